The first-order valence-electron chi connectivity index (χ1n) is 6.91. The molecule has 3 N–H and O–H groups in total. The average Bonchev–Trinajstić information content (AvgIpc) is 2.90. The normalized spacial score (nSPS) is 18.4. The second-order valence-corrected chi connectivity index (χ2v) is 6.07. The van der Waals surface area contributed by atoms with Crippen molar-refractivity contribution in [3.63, 3.8) is 0 Å². The van der Waals surface area contributed by atoms with Gasteiger partial charge in [0.15, 0.2) is 0 Å². The highest BCUT2D eigenvalue weighted by Crippen LogP contribution is 2.35. The number of hydrogen-bond donors (Lipinski definition) is 2. The van der Waals surface area contributed by atoms with Crippen LogP contribution in [0.25, 0.3) is 0 Å². The molecule has 1 aromatic rings. The number of benzene rings is 1. The van der Waals surface area contributed by atoms with Crippen molar-refractivity contribution in [2.24, 2.45) is 11.7 Å². The van der Waals surface area contributed by atoms with Gasteiger partial charge in [-0.05, 0) is 36.5 Å². The Hall–Kier alpha value is -0.480. The number of halogens is 2. The van der Waals surface area contributed by atoms with Gasteiger partial charge in [0.1, 0.15) is 0 Å². The van der Waals surface area contributed by atoms with Crippen LogP contribution in [0.1, 0.15) is 37.3 Å². The van der Waals surface area contributed by atoms with Crippen molar-refractivity contribution in [2.45, 2.75) is 37.8 Å². The summed E-state index contributed by atoms with van der Waals surface area (Å²) in [5, 5.41) is 11.0. The SMILES string of the molecule is CN(C)c1ccc([C@@H](N)[C@@H](O)C2CCCC2)c(Cl)c1.Cl. The molecule has 1 saturated carbocycles. The molecule has 1 aliphatic rings. The lowest BCUT2D eigenvalue weighted by atomic mass is 9.91. The summed E-state index contributed by atoms with van der Waals surface area (Å²) < 4.78 is 0. The summed E-state index contributed by atoms with van der Waals surface area (Å²) in [5.41, 5.74) is 8.08. The van der Waals surface area contributed by atoms with Crippen LogP contribution in [0.2, 0.25) is 5.02 Å². The maximum atomic E-state index is 10.4. The van der Waals surface area contributed by atoms with Crippen LogP contribution in [-0.4, -0.2) is 25.3 Å². The van der Waals surface area contributed by atoms with Crippen LogP contribution in [0.4, 0.5) is 5.69 Å². The van der Waals surface area contributed by atoms with Crippen molar-refractivity contribution < 1.29 is 5.11 Å². The van der Waals surface area contributed by atoms with Crippen molar-refractivity contribution >= 4 is 29.7 Å². The number of anilines is 1. The average molecular weight is 319 g/mol. The topological polar surface area (TPSA) is 49.5 Å². The summed E-state index contributed by atoms with van der Waals surface area (Å²) in [6.45, 7) is 0. The molecule has 0 bridgehead atoms. The number of aliphatic hydroxyl groups is 1. The van der Waals surface area contributed by atoms with Crippen LogP contribution in [0.15, 0.2) is 18.2 Å². The van der Waals surface area contributed by atoms with E-state index in [0.29, 0.717) is 10.9 Å². The van der Waals surface area contributed by atoms with Crippen LogP contribution >= 0.6 is 24.0 Å². The fraction of sp³-hybridized carbons (Fsp3) is 0.600. The monoisotopic (exact) mass is 318 g/mol. The van der Waals surface area contributed by atoms with Crippen molar-refractivity contribution in [3.8, 4) is 0 Å². The van der Waals surface area contributed by atoms with Gasteiger partial charge in [-0.3, -0.25) is 0 Å². The van der Waals surface area contributed by atoms with E-state index in [0.717, 1.165) is 24.1 Å². The van der Waals surface area contributed by atoms with Crippen LogP contribution in [0.3, 0.4) is 0 Å². The van der Waals surface area contributed by atoms with Gasteiger partial charge in [0.05, 0.1) is 12.1 Å². The third-order valence-electron chi connectivity index (χ3n) is 4.11. The highest BCUT2D eigenvalue weighted by Gasteiger charge is 2.29. The van der Waals surface area contributed by atoms with Gasteiger partial charge in [0.25, 0.3) is 0 Å². The molecule has 0 heterocycles. The summed E-state index contributed by atoms with van der Waals surface area (Å²) in [4.78, 5) is 1.99. The Morgan fingerprint density at radius 3 is 2.40 bits per heavy atom. The maximum absolute atomic E-state index is 10.4. The lowest BCUT2D eigenvalue weighted by Gasteiger charge is -2.26. The first-order valence-corrected chi connectivity index (χ1v) is 7.29. The van der Waals surface area contributed by atoms with Gasteiger partial charge < -0.3 is 15.7 Å². The molecule has 0 aliphatic heterocycles. The van der Waals surface area contributed by atoms with Gasteiger partial charge >= 0.3 is 0 Å². The number of hydrogen-bond acceptors (Lipinski definition) is 3. The fourth-order valence-corrected chi connectivity index (χ4v) is 3.14. The zero-order chi connectivity index (χ0) is 14.0. The Morgan fingerprint density at radius 2 is 1.90 bits per heavy atom. The fourth-order valence-electron chi connectivity index (χ4n) is 2.84. The zero-order valence-electron chi connectivity index (χ0n) is 12.1. The summed E-state index contributed by atoms with van der Waals surface area (Å²) in [7, 11) is 3.94. The predicted molar refractivity (Wildman–Crippen MR) is 87.9 cm³/mol. The van der Waals surface area contributed by atoms with Crippen molar-refractivity contribution in [2.75, 3.05) is 19.0 Å². The highest BCUT2D eigenvalue weighted by atomic mass is 35.5. The first kappa shape index (κ1) is 17.6. The second-order valence-electron chi connectivity index (χ2n) is 5.66. The van der Waals surface area contributed by atoms with Crippen molar-refractivity contribution in [1.29, 1.82) is 0 Å². The lowest BCUT2D eigenvalue weighted by molar-refractivity contribution is 0.0845. The van der Waals surface area contributed by atoms with Crippen LogP contribution in [0, 0.1) is 5.92 Å². The van der Waals surface area contributed by atoms with E-state index in [4.69, 9.17) is 17.3 Å². The molecule has 3 nitrogen and oxygen atoms in total. The van der Waals surface area contributed by atoms with Crippen LogP contribution in [0.5, 0.6) is 0 Å². The second kappa shape index (κ2) is 7.51. The van der Waals surface area contributed by atoms with E-state index in [2.05, 4.69) is 0 Å². The Labute approximate surface area is 132 Å². The number of nitrogens with two attached hydrogens (primary N) is 1. The Bertz CT molecular complexity index is 434. The highest BCUT2D eigenvalue weighted by molar-refractivity contribution is 6.31. The molecule has 2 rings (SSSR count). The molecule has 0 aromatic heterocycles. The lowest BCUT2D eigenvalue weighted by Crippen LogP contribution is -2.32. The Kier molecular flexibility index (Phi) is 6.59. The molecule has 1 fully saturated rings. The largest absolute Gasteiger partial charge is 0.391 e. The zero-order valence-corrected chi connectivity index (χ0v) is 13.6. The van der Waals surface area contributed by atoms with E-state index >= 15 is 0 Å². The van der Waals surface area contributed by atoms with E-state index in [1.54, 1.807) is 0 Å². The van der Waals surface area contributed by atoms with Crippen LogP contribution < -0.4 is 10.6 Å². The minimum absolute atomic E-state index is 0. The molecule has 0 radical (unpaired) electrons. The van der Waals surface area contributed by atoms with E-state index in [-0.39, 0.29) is 12.4 Å². The van der Waals surface area contributed by atoms with Crippen LogP contribution in [-0.2, 0) is 0 Å². The quantitative estimate of drug-likeness (QED) is 0.894. The van der Waals surface area contributed by atoms with Crippen molar-refractivity contribution in [3.05, 3.63) is 28.8 Å². The molecule has 1 aliphatic carbocycles. The number of rotatable bonds is 4. The number of nitrogens with zero attached hydrogens (tertiary/aromatic N) is 1. The Morgan fingerprint density at radius 1 is 1.30 bits per heavy atom. The Balaban J connectivity index is 0.00000200. The summed E-state index contributed by atoms with van der Waals surface area (Å²) >= 11 is 6.30. The van der Waals surface area contributed by atoms with E-state index in [9.17, 15) is 5.11 Å². The van der Waals surface area contributed by atoms with Crippen molar-refractivity contribution in [1.82, 2.24) is 0 Å². The molecular weight excluding hydrogens is 295 g/mol. The van der Waals surface area contributed by atoms with Gasteiger partial charge in [-0.25, -0.2) is 0 Å². The minimum atomic E-state index is -0.495. The van der Waals surface area contributed by atoms with Gasteiger partial charge in [0.2, 0.25) is 0 Å². The molecule has 0 saturated heterocycles. The van der Waals surface area contributed by atoms with Gasteiger partial charge in [0, 0.05) is 24.8 Å². The molecule has 1 aromatic carbocycles. The number of aliphatic hydroxyl groups excluding tert-OH is 1. The third kappa shape index (κ3) is 3.79. The molecule has 0 unspecified atom stereocenters. The molecule has 0 spiro atoms. The minimum Gasteiger partial charge on any atom is -0.391 e. The van der Waals surface area contributed by atoms with E-state index < -0.39 is 12.1 Å². The molecule has 0 amide bonds. The predicted octanol–water partition coefficient (Wildman–Crippen LogP) is 3.38. The molecule has 5 heteroatoms. The molecule has 114 valence electrons. The smallest absolute Gasteiger partial charge is 0.0761 e. The van der Waals surface area contributed by atoms with E-state index in [1.807, 2.05) is 37.2 Å². The van der Waals surface area contributed by atoms with Gasteiger partial charge in [-0.15, -0.1) is 12.4 Å². The molecule has 2 atom stereocenters. The summed E-state index contributed by atoms with van der Waals surface area (Å²) in [5.74, 6) is 0.319. The molecule has 20 heavy (non-hydrogen) atoms. The standard InChI is InChI=1S/C15H23ClN2O.ClH/c1-18(2)11-7-8-12(13(16)9-11)14(17)15(19)10-5-3-4-6-10;/h7-10,14-15,19H,3-6,17H2,1-2H3;1H/t14-,15+;/m1./s1. The summed E-state index contributed by atoms with van der Waals surface area (Å²) in [6.07, 6.45) is 4.04. The summed E-state index contributed by atoms with van der Waals surface area (Å²) in [6, 6.07) is 5.42. The molecular formula is C15H24Cl2N2O. The first-order chi connectivity index (χ1) is 9.00. The van der Waals surface area contributed by atoms with Gasteiger partial charge in [-0.1, -0.05) is 30.5 Å². The van der Waals surface area contributed by atoms with Gasteiger partial charge in [-0.2, -0.15) is 0 Å². The van der Waals surface area contributed by atoms with E-state index in [1.165, 1.54) is 12.8 Å². The third-order valence-corrected chi connectivity index (χ3v) is 4.44. The maximum Gasteiger partial charge on any atom is 0.0761 e.